The van der Waals surface area contributed by atoms with Gasteiger partial charge in [0.15, 0.2) is 5.76 Å². The van der Waals surface area contributed by atoms with Crippen molar-refractivity contribution in [1.29, 1.82) is 0 Å². The van der Waals surface area contributed by atoms with Gasteiger partial charge in [0.2, 0.25) is 15.9 Å². The van der Waals surface area contributed by atoms with Gasteiger partial charge in [0.25, 0.3) is 0 Å². The van der Waals surface area contributed by atoms with E-state index >= 15 is 0 Å². The number of benzene rings is 1. The van der Waals surface area contributed by atoms with E-state index in [4.69, 9.17) is 25.6 Å². The highest BCUT2D eigenvalue weighted by molar-refractivity contribution is 7.89. The second kappa shape index (κ2) is 8.59. The molecule has 0 radical (unpaired) electrons. The number of nitrogens with zero attached hydrogens (tertiary/aromatic N) is 1. The number of sulfonamides is 1. The summed E-state index contributed by atoms with van der Waals surface area (Å²) < 4.78 is 42.1. The van der Waals surface area contributed by atoms with E-state index < -0.39 is 15.9 Å². The lowest BCUT2D eigenvalue weighted by Crippen LogP contribution is -2.28. The molecule has 1 aromatic heterocycles. The summed E-state index contributed by atoms with van der Waals surface area (Å²) in [5, 5.41) is 6.54. The number of carbonyl (C=O) groups excluding carboxylic acids is 1. The van der Waals surface area contributed by atoms with Crippen LogP contribution in [0.5, 0.6) is 11.5 Å². The van der Waals surface area contributed by atoms with Gasteiger partial charge in [-0.15, -0.1) is 0 Å². The van der Waals surface area contributed by atoms with Gasteiger partial charge in [-0.3, -0.25) is 4.79 Å². The third kappa shape index (κ3) is 4.90. The molecular formula is C16H20ClN3O6S. The predicted octanol–water partition coefficient (Wildman–Crippen LogP) is 2.27. The Morgan fingerprint density at radius 1 is 1.22 bits per heavy atom. The summed E-state index contributed by atoms with van der Waals surface area (Å²) >= 11 is 6.05. The first kappa shape index (κ1) is 21.0. The number of carbonyl (C=O) groups is 1. The van der Waals surface area contributed by atoms with Crippen molar-refractivity contribution < 1.29 is 27.2 Å². The predicted molar refractivity (Wildman–Crippen MR) is 99.0 cm³/mol. The van der Waals surface area contributed by atoms with Gasteiger partial charge in [-0.2, -0.15) is 0 Å². The number of aromatic nitrogens is 1. The minimum atomic E-state index is -3.82. The smallest absolute Gasteiger partial charge is 0.245 e. The molecule has 1 heterocycles. The molecule has 27 heavy (non-hydrogen) atoms. The highest BCUT2D eigenvalue weighted by atomic mass is 35.5. The maximum atomic E-state index is 12.3. The Labute approximate surface area is 162 Å². The fourth-order valence-corrected chi connectivity index (χ4v) is 4.00. The van der Waals surface area contributed by atoms with Crippen LogP contribution in [0.4, 0.5) is 5.69 Å². The van der Waals surface area contributed by atoms with E-state index in [1.807, 2.05) is 0 Å². The Morgan fingerprint density at radius 2 is 1.89 bits per heavy atom. The average Bonchev–Trinajstić information content (AvgIpc) is 2.94. The van der Waals surface area contributed by atoms with Gasteiger partial charge in [-0.25, -0.2) is 13.1 Å². The number of halogens is 1. The molecule has 0 aliphatic heterocycles. The number of methoxy groups -OCH3 is 2. The van der Waals surface area contributed by atoms with Gasteiger partial charge in [0.1, 0.15) is 22.1 Å². The zero-order valence-corrected chi connectivity index (χ0v) is 16.8. The highest BCUT2D eigenvalue weighted by Crippen LogP contribution is 2.35. The molecular weight excluding hydrogens is 398 g/mol. The molecule has 0 atom stereocenters. The van der Waals surface area contributed by atoms with Crippen LogP contribution < -0.4 is 19.5 Å². The topological polar surface area (TPSA) is 120 Å². The number of nitrogens with one attached hydrogen (secondary N) is 2. The van der Waals surface area contributed by atoms with Crippen molar-refractivity contribution in [2.24, 2.45) is 0 Å². The van der Waals surface area contributed by atoms with Crippen LogP contribution in [0.25, 0.3) is 0 Å². The molecule has 2 N–H and O–H groups in total. The van der Waals surface area contributed by atoms with E-state index in [9.17, 15) is 13.2 Å². The molecule has 2 aromatic rings. The van der Waals surface area contributed by atoms with Crippen molar-refractivity contribution in [1.82, 2.24) is 9.88 Å². The normalized spacial score (nSPS) is 11.3. The summed E-state index contributed by atoms with van der Waals surface area (Å²) in [7, 11) is -0.921. The molecule has 2 rings (SSSR count). The lowest BCUT2D eigenvalue weighted by molar-refractivity contribution is -0.116. The first-order chi connectivity index (χ1) is 12.7. The molecule has 0 unspecified atom stereocenters. The van der Waals surface area contributed by atoms with Crippen molar-refractivity contribution in [2.75, 3.05) is 26.1 Å². The number of anilines is 1. The van der Waals surface area contributed by atoms with Crippen LogP contribution in [0.3, 0.4) is 0 Å². The third-order valence-corrected chi connectivity index (χ3v) is 5.63. The molecule has 0 spiro atoms. The summed E-state index contributed by atoms with van der Waals surface area (Å²) in [6.45, 7) is 2.92. The Balaban J connectivity index is 2.00. The molecule has 9 nitrogen and oxygen atoms in total. The fourth-order valence-electron chi connectivity index (χ4n) is 2.40. The van der Waals surface area contributed by atoms with Crippen molar-refractivity contribution in [2.45, 2.75) is 25.2 Å². The Morgan fingerprint density at radius 3 is 2.44 bits per heavy atom. The largest absolute Gasteiger partial charge is 0.495 e. The van der Waals surface area contributed by atoms with Gasteiger partial charge < -0.3 is 19.3 Å². The molecule has 11 heteroatoms. The highest BCUT2D eigenvalue weighted by Gasteiger charge is 2.24. The van der Waals surface area contributed by atoms with Gasteiger partial charge in [0.05, 0.1) is 24.9 Å². The van der Waals surface area contributed by atoms with E-state index in [0.29, 0.717) is 22.2 Å². The van der Waals surface area contributed by atoms with Gasteiger partial charge >= 0.3 is 0 Å². The van der Waals surface area contributed by atoms with Crippen molar-refractivity contribution in [3.63, 3.8) is 0 Å². The number of aryl methyl sites for hydroxylation is 2. The number of hydrogen-bond donors (Lipinski definition) is 2. The van der Waals surface area contributed by atoms with Crippen LogP contribution in [0.2, 0.25) is 5.02 Å². The lowest BCUT2D eigenvalue weighted by atomic mass is 10.2. The van der Waals surface area contributed by atoms with Crippen LogP contribution in [-0.2, 0) is 14.8 Å². The van der Waals surface area contributed by atoms with E-state index in [0.717, 1.165) is 0 Å². The van der Waals surface area contributed by atoms with Crippen molar-refractivity contribution >= 4 is 33.2 Å². The molecule has 1 amide bonds. The zero-order valence-electron chi connectivity index (χ0n) is 15.3. The summed E-state index contributed by atoms with van der Waals surface area (Å²) in [6.07, 6.45) is -0.102. The minimum Gasteiger partial charge on any atom is -0.495 e. The summed E-state index contributed by atoms with van der Waals surface area (Å²) in [5.41, 5.74) is 0.601. The maximum absolute atomic E-state index is 12.3. The maximum Gasteiger partial charge on any atom is 0.245 e. The number of rotatable bonds is 8. The Kier molecular flexibility index (Phi) is 6.68. The molecule has 0 bridgehead atoms. The number of hydrogen-bond acceptors (Lipinski definition) is 7. The second-order valence-electron chi connectivity index (χ2n) is 5.54. The van der Waals surface area contributed by atoms with Crippen LogP contribution in [0.15, 0.2) is 21.6 Å². The minimum absolute atomic E-state index is 0.0217. The number of ether oxygens (including phenoxy) is 2. The van der Waals surface area contributed by atoms with E-state index in [1.54, 1.807) is 0 Å². The average molecular weight is 418 g/mol. The first-order valence-corrected chi connectivity index (χ1v) is 9.69. The van der Waals surface area contributed by atoms with Gasteiger partial charge in [-0.05, 0) is 19.9 Å². The Bertz CT molecular complexity index is 922. The van der Waals surface area contributed by atoms with E-state index in [-0.39, 0.29) is 29.3 Å². The third-order valence-electron chi connectivity index (χ3n) is 3.63. The quantitative estimate of drug-likeness (QED) is 0.675. The van der Waals surface area contributed by atoms with Gasteiger partial charge in [-0.1, -0.05) is 16.8 Å². The van der Waals surface area contributed by atoms with Crippen LogP contribution >= 0.6 is 11.6 Å². The van der Waals surface area contributed by atoms with Crippen molar-refractivity contribution in [3.8, 4) is 11.5 Å². The van der Waals surface area contributed by atoms with E-state index in [1.165, 1.54) is 40.2 Å². The summed E-state index contributed by atoms with van der Waals surface area (Å²) in [5.74, 6) is 0.526. The van der Waals surface area contributed by atoms with E-state index in [2.05, 4.69) is 15.2 Å². The Hall–Kier alpha value is -2.30. The lowest BCUT2D eigenvalue weighted by Gasteiger charge is -2.13. The monoisotopic (exact) mass is 417 g/mol. The molecule has 148 valence electrons. The molecule has 0 fully saturated rings. The molecule has 0 saturated heterocycles. The summed E-state index contributed by atoms with van der Waals surface area (Å²) in [6, 6.07) is 3.03. The number of amides is 1. The molecule has 0 saturated carbocycles. The van der Waals surface area contributed by atoms with Crippen LogP contribution in [0, 0.1) is 13.8 Å². The molecule has 0 aliphatic carbocycles. The summed E-state index contributed by atoms with van der Waals surface area (Å²) in [4.78, 5) is 12.1. The molecule has 0 aliphatic rings. The molecule has 1 aromatic carbocycles. The van der Waals surface area contributed by atoms with Gasteiger partial charge in [0, 0.05) is 19.0 Å². The standard InChI is InChI=1S/C16H20ClN3O6S/c1-9-16(10(2)26-20-9)27(22,23)18-6-5-15(21)19-12-7-11(17)13(24-3)8-14(12)25-4/h7-8,18H,5-6H2,1-4H3,(H,19,21). The SMILES string of the molecule is COc1cc(OC)c(NC(=O)CCNS(=O)(=O)c2c(C)noc2C)cc1Cl. The second-order valence-corrected chi connectivity index (χ2v) is 7.65. The first-order valence-electron chi connectivity index (χ1n) is 7.83. The van der Waals surface area contributed by atoms with Crippen molar-refractivity contribution in [3.05, 3.63) is 28.6 Å². The zero-order chi connectivity index (χ0) is 20.2. The van der Waals surface area contributed by atoms with Crippen LogP contribution in [-0.4, -0.2) is 40.2 Å². The van der Waals surface area contributed by atoms with Crippen LogP contribution in [0.1, 0.15) is 17.9 Å². The fraction of sp³-hybridized carbons (Fsp3) is 0.375.